The molecule has 1 unspecified atom stereocenters. The largest absolute Gasteiger partial charge is 0.444 e. The Hall–Kier alpha value is -4.61. The molecule has 0 aliphatic carbocycles. The number of nitrogens with zero attached hydrogens (tertiary/aromatic N) is 3. The van der Waals surface area contributed by atoms with Crippen LogP contribution in [-0.2, 0) is 20.7 Å². The first-order valence-electron chi connectivity index (χ1n) is 14.5. The van der Waals surface area contributed by atoms with Crippen molar-refractivity contribution in [3.05, 3.63) is 64.8 Å². The fourth-order valence-corrected chi connectivity index (χ4v) is 5.54. The van der Waals surface area contributed by atoms with Gasteiger partial charge in [0.05, 0.1) is 5.52 Å². The summed E-state index contributed by atoms with van der Waals surface area (Å²) in [5.74, 6) is -0.739. The zero-order valence-electron chi connectivity index (χ0n) is 25.2. The number of ether oxygens (including phenoxy) is 1. The van der Waals surface area contributed by atoms with Crippen LogP contribution in [0.1, 0.15) is 59.1 Å². The highest BCUT2D eigenvalue weighted by molar-refractivity contribution is 5.94. The zero-order valence-corrected chi connectivity index (χ0v) is 25.2. The predicted octanol–water partition coefficient (Wildman–Crippen LogP) is 3.40. The Morgan fingerprint density at radius 3 is 2.47 bits per heavy atom. The molecule has 0 saturated carbocycles. The van der Waals surface area contributed by atoms with Gasteiger partial charge < -0.3 is 30.2 Å². The number of alkyl carbamates (subject to hydrolysis) is 1. The molecule has 12 heteroatoms. The summed E-state index contributed by atoms with van der Waals surface area (Å²) in [6.45, 7) is 9.18. The van der Waals surface area contributed by atoms with Gasteiger partial charge >= 0.3 is 11.8 Å². The number of likely N-dealkylation sites (tertiary alicyclic amines) is 1. The Kier molecular flexibility index (Phi) is 8.04. The second-order valence-corrected chi connectivity index (χ2v) is 12.6. The van der Waals surface area contributed by atoms with Gasteiger partial charge in [0, 0.05) is 48.8 Å². The Morgan fingerprint density at radius 2 is 1.74 bits per heavy atom. The maximum atomic E-state index is 14.0. The fraction of sp³-hybridized carbons (Fsp3) is 0.452. The number of fused-ring (bicyclic) bond motifs is 2. The van der Waals surface area contributed by atoms with Crippen molar-refractivity contribution in [2.45, 2.75) is 77.1 Å². The Balaban J connectivity index is 1.34. The number of aromatic nitrogens is 4. The highest BCUT2D eigenvalue weighted by Crippen LogP contribution is 2.26. The average molecular weight is 590 g/mol. The van der Waals surface area contributed by atoms with E-state index in [4.69, 9.17) is 4.74 Å². The summed E-state index contributed by atoms with van der Waals surface area (Å²) in [7, 11) is 0. The molecule has 228 valence electrons. The summed E-state index contributed by atoms with van der Waals surface area (Å²) in [6.07, 6.45) is 4.16. The van der Waals surface area contributed by atoms with Crippen molar-refractivity contribution in [1.29, 1.82) is 0 Å². The number of hydrogen-bond donors (Lipinski definition) is 4. The van der Waals surface area contributed by atoms with Gasteiger partial charge in [-0.3, -0.25) is 14.2 Å². The van der Waals surface area contributed by atoms with Crippen molar-refractivity contribution >= 4 is 40.0 Å². The van der Waals surface area contributed by atoms with Gasteiger partial charge in [0.1, 0.15) is 17.2 Å². The van der Waals surface area contributed by atoms with E-state index in [-0.39, 0.29) is 24.1 Å². The van der Waals surface area contributed by atoms with Gasteiger partial charge in [-0.15, -0.1) is 0 Å². The lowest BCUT2D eigenvalue weighted by Crippen LogP contribution is -2.60. The molecular formula is C31H39N7O5. The molecule has 0 spiro atoms. The number of carbonyl (C=O) groups excluding carboxylic acids is 3. The van der Waals surface area contributed by atoms with E-state index in [1.807, 2.05) is 36.5 Å². The smallest absolute Gasteiger partial charge is 0.408 e. The monoisotopic (exact) mass is 589 g/mol. The third-order valence-electron chi connectivity index (χ3n) is 7.70. The van der Waals surface area contributed by atoms with Crippen LogP contribution in [0.4, 0.5) is 4.79 Å². The molecule has 1 aliphatic rings. The molecule has 5 rings (SSSR count). The molecule has 0 bridgehead atoms. The molecular weight excluding hydrogens is 550 g/mol. The summed E-state index contributed by atoms with van der Waals surface area (Å²) in [4.78, 5) is 64.9. The fourth-order valence-electron chi connectivity index (χ4n) is 5.54. The van der Waals surface area contributed by atoms with Crippen molar-refractivity contribution in [3.63, 3.8) is 0 Å². The lowest BCUT2D eigenvalue weighted by atomic mass is 9.98. The van der Waals surface area contributed by atoms with Crippen LogP contribution in [0.5, 0.6) is 0 Å². The van der Waals surface area contributed by atoms with Crippen LogP contribution in [-0.4, -0.2) is 72.6 Å². The number of rotatable bonds is 7. The minimum atomic E-state index is -1.35. The summed E-state index contributed by atoms with van der Waals surface area (Å²) < 4.78 is 7.01. The van der Waals surface area contributed by atoms with Gasteiger partial charge in [0.25, 0.3) is 0 Å². The van der Waals surface area contributed by atoms with Crippen molar-refractivity contribution in [3.8, 4) is 0 Å². The van der Waals surface area contributed by atoms with Crippen LogP contribution < -0.4 is 16.3 Å². The highest BCUT2D eigenvalue weighted by Gasteiger charge is 2.37. The van der Waals surface area contributed by atoms with Gasteiger partial charge in [0.15, 0.2) is 5.65 Å². The van der Waals surface area contributed by atoms with Gasteiger partial charge in [-0.25, -0.2) is 14.6 Å². The molecule has 1 atom stereocenters. The highest BCUT2D eigenvalue weighted by atomic mass is 16.6. The Morgan fingerprint density at radius 1 is 1.05 bits per heavy atom. The first-order valence-corrected chi connectivity index (χ1v) is 14.5. The van der Waals surface area contributed by atoms with Crippen molar-refractivity contribution < 1.29 is 19.1 Å². The van der Waals surface area contributed by atoms with E-state index in [1.165, 1.54) is 0 Å². The first kappa shape index (κ1) is 29.9. The summed E-state index contributed by atoms with van der Waals surface area (Å²) in [5, 5.41) is 6.50. The minimum Gasteiger partial charge on any atom is -0.444 e. The lowest BCUT2D eigenvalue weighted by Gasteiger charge is -2.35. The normalized spacial score (nSPS) is 15.4. The third-order valence-corrected chi connectivity index (χ3v) is 7.70. The van der Waals surface area contributed by atoms with E-state index in [0.717, 1.165) is 16.5 Å². The predicted molar refractivity (Wildman–Crippen MR) is 163 cm³/mol. The molecule has 4 N–H and O–H groups in total. The molecule has 3 amide bonds. The van der Waals surface area contributed by atoms with Crippen LogP contribution in [0.25, 0.3) is 22.1 Å². The quantitative estimate of drug-likeness (QED) is 0.259. The van der Waals surface area contributed by atoms with Crippen LogP contribution in [0.15, 0.2) is 53.6 Å². The number of nitrogens with one attached hydrogen (secondary N) is 4. The van der Waals surface area contributed by atoms with Gasteiger partial charge in [0.2, 0.25) is 11.8 Å². The number of aromatic amines is 2. The number of H-pyrrole nitrogens is 2. The SMILES string of the molecule is CC(C)(C)OC(=O)NC(C)(C)C(=O)NC(Cc1c[nH]c2ccccc12)C(=O)N1CCC(n2c(=O)[nH]c3cccnc32)CC1. The van der Waals surface area contributed by atoms with Gasteiger partial charge in [-0.2, -0.15) is 0 Å². The number of benzene rings is 1. The molecule has 4 heterocycles. The number of piperidine rings is 1. The standard InChI is InChI=1S/C31H39N7O5/c1-30(2,3)43-29(42)36-31(4,5)27(40)34-24(17-19-18-33-22-10-7-6-9-21(19)22)26(39)37-15-12-20(13-16-37)38-25-23(35-28(38)41)11-8-14-32-25/h6-11,14,18,20,24,33H,12-13,15-17H2,1-5H3,(H,34,40)(H,35,41)(H,36,42). The zero-order chi connectivity index (χ0) is 30.9. The van der Waals surface area contributed by atoms with Crippen LogP contribution in [0.3, 0.4) is 0 Å². The van der Waals surface area contributed by atoms with E-state index < -0.39 is 29.2 Å². The molecule has 43 heavy (non-hydrogen) atoms. The van der Waals surface area contributed by atoms with E-state index >= 15 is 0 Å². The molecule has 12 nitrogen and oxygen atoms in total. The van der Waals surface area contributed by atoms with E-state index in [0.29, 0.717) is 37.1 Å². The molecule has 1 aromatic carbocycles. The van der Waals surface area contributed by atoms with Gasteiger partial charge in [-0.05, 0) is 71.2 Å². The van der Waals surface area contributed by atoms with E-state index in [9.17, 15) is 19.2 Å². The minimum absolute atomic E-state index is 0.112. The molecule has 1 saturated heterocycles. The summed E-state index contributed by atoms with van der Waals surface area (Å²) >= 11 is 0. The lowest BCUT2D eigenvalue weighted by molar-refractivity contribution is -0.138. The number of hydrogen-bond acceptors (Lipinski definition) is 6. The first-order chi connectivity index (χ1) is 20.3. The van der Waals surface area contributed by atoms with Crippen LogP contribution in [0, 0.1) is 0 Å². The second-order valence-electron chi connectivity index (χ2n) is 12.6. The molecule has 1 fully saturated rings. The molecule has 3 aromatic heterocycles. The Labute approximate surface area is 249 Å². The number of amides is 3. The topological polar surface area (TPSA) is 154 Å². The number of para-hydroxylation sites is 1. The van der Waals surface area contributed by atoms with E-state index in [2.05, 4.69) is 25.6 Å². The van der Waals surface area contributed by atoms with Crippen molar-refractivity contribution in [2.75, 3.05) is 13.1 Å². The molecule has 1 aliphatic heterocycles. The molecule has 0 radical (unpaired) electrons. The number of pyridine rings is 1. The summed E-state index contributed by atoms with van der Waals surface area (Å²) in [6, 6.07) is 10.4. The average Bonchev–Trinajstić information content (AvgIpc) is 3.50. The third kappa shape index (κ3) is 6.58. The maximum Gasteiger partial charge on any atom is 0.408 e. The van der Waals surface area contributed by atoms with Crippen LogP contribution in [0.2, 0.25) is 0 Å². The van der Waals surface area contributed by atoms with Gasteiger partial charge in [-0.1, -0.05) is 18.2 Å². The van der Waals surface area contributed by atoms with Crippen molar-refractivity contribution in [2.24, 2.45) is 0 Å². The maximum absolute atomic E-state index is 14.0. The molecule has 4 aromatic rings. The van der Waals surface area contributed by atoms with Crippen LogP contribution >= 0.6 is 0 Å². The van der Waals surface area contributed by atoms with E-state index in [1.54, 1.807) is 56.3 Å². The number of imidazole rings is 1. The van der Waals surface area contributed by atoms with Crippen molar-refractivity contribution in [1.82, 2.24) is 35.1 Å². The Bertz CT molecular complexity index is 1700. The number of carbonyl (C=O) groups is 3. The summed E-state index contributed by atoms with van der Waals surface area (Å²) in [5.41, 5.74) is 0.792. The second kappa shape index (κ2) is 11.6.